The highest BCUT2D eigenvalue weighted by Crippen LogP contribution is 2.40. The molecule has 92 valence electrons. The zero-order chi connectivity index (χ0) is 13.0. The molecule has 0 aromatic rings. The van der Waals surface area contributed by atoms with E-state index in [4.69, 9.17) is 0 Å². The minimum Gasteiger partial charge on any atom is -0.261 e. The van der Waals surface area contributed by atoms with E-state index in [0.29, 0.717) is 0 Å². The van der Waals surface area contributed by atoms with Crippen molar-refractivity contribution in [2.24, 2.45) is 0 Å². The molecule has 7 heteroatoms. The molecule has 0 aromatic carbocycles. The third-order valence-electron chi connectivity index (χ3n) is 3.69. The Morgan fingerprint density at radius 1 is 1.41 bits per heavy atom. The lowest BCUT2D eigenvalue weighted by Crippen LogP contribution is -2.61. The van der Waals surface area contributed by atoms with Crippen molar-refractivity contribution in [2.75, 3.05) is 14.1 Å². The maximum Gasteiger partial charge on any atom is 0.431 e. The van der Waals surface area contributed by atoms with Crippen LogP contribution in [0.1, 0.15) is 19.8 Å². The lowest BCUT2D eigenvalue weighted by atomic mass is 10.2. The van der Waals surface area contributed by atoms with Crippen LogP contribution in [0.15, 0.2) is 11.4 Å². The van der Waals surface area contributed by atoms with Crippen molar-refractivity contribution in [2.45, 2.75) is 25.8 Å². The van der Waals surface area contributed by atoms with E-state index >= 15 is 0 Å². The summed E-state index contributed by atoms with van der Waals surface area (Å²) in [6.45, 7) is 1.50. The summed E-state index contributed by atoms with van der Waals surface area (Å²) in [7, 11) is 2.93. The topological polar surface area (TPSA) is 80.5 Å². The Morgan fingerprint density at radius 3 is 2.35 bits per heavy atom. The molecule has 17 heavy (non-hydrogen) atoms. The highest BCUT2D eigenvalue weighted by molar-refractivity contribution is 6.03. The fourth-order valence-electron chi connectivity index (χ4n) is 2.31. The Bertz CT molecular complexity index is 466. The van der Waals surface area contributed by atoms with Crippen LogP contribution in [0.2, 0.25) is 0 Å². The fraction of sp³-hybridized carbons (Fsp3) is 0.600. The van der Waals surface area contributed by atoms with Gasteiger partial charge in [0.05, 0.1) is 12.0 Å². The van der Waals surface area contributed by atoms with Crippen molar-refractivity contribution >= 4 is 11.9 Å². The number of nitrogens with zero attached hydrogens (tertiary/aromatic N) is 3. The van der Waals surface area contributed by atoms with Crippen LogP contribution in [0.5, 0.6) is 0 Å². The van der Waals surface area contributed by atoms with Crippen molar-refractivity contribution in [1.82, 2.24) is 4.90 Å². The van der Waals surface area contributed by atoms with Crippen molar-refractivity contribution in [3.63, 3.8) is 0 Å². The zero-order valence-corrected chi connectivity index (χ0v) is 9.97. The lowest BCUT2D eigenvalue weighted by Gasteiger charge is -2.36. The highest BCUT2D eigenvalue weighted by Gasteiger charge is 2.59. The maximum absolute atomic E-state index is 12.1. The van der Waals surface area contributed by atoms with E-state index in [0.717, 1.165) is 17.7 Å². The molecule has 1 saturated carbocycles. The number of carbonyl (C=O) groups excluding carboxylic acids is 2. The molecule has 1 fully saturated rings. The molecule has 2 rings (SSSR count). The number of amides is 3. The van der Waals surface area contributed by atoms with Crippen molar-refractivity contribution in [3.05, 3.63) is 21.5 Å². The van der Waals surface area contributed by atoms with Crippen LogP contribution in [0, 0.1) is 10.1 Å². The van der Waals surface area contributed by atoms with Crippen molar-refractivity contribution < 1.29 is 19.0 Å². The minimum atomic E-state index is -0.825. The molecule has 0 aromatic heterocycles. The Kier molecular flexibility index (Phi) is 2.32. The van der Waals surface area contributed by atoms with E-state index in [1.807, 2.05) is 0 Å². The first-order valence-electron chi connectivity index (χ1n) is 5.36. The monoisotopic (exact) mass is 240 g/mol. The van der Waals surface area contributed by atoms with Gasteiger partial charge in [-0.15, -0.1) is 0 Å². The maximum atomic E-state index is 12.1. The zero-order valence-electron chi connectivity index (χ0n) is 9.97. The summed E-state index contributed by atoms with van der Waals surface area (Å²) in [6, 6.07) is -0.325. The number of hydrogen-bond donors (Lipinski definition) is 0. The SMILES string of the molecule is CC1=C([N+](=O)[O-])C(=O)N(C)C(=O)[N+]1(C)C1CC1. The van der Waals surface area contributed by atoms with Crippen LogP contribution in [-0.2, 0) is 4.79 Å². The summed E-state index contributed by atoms with van der Waals surface area (Å²) in [5, 5.41) is 10.9. The van der Waals surface area contributed by atoms with Gasteiger partial charge in [0, 0.05) is 26.8 Å². The van der Waals surface area contributed by atoms with Gasteiger partial charge >= 0.3 is 17.6 Å². The molecule has 0 radical (unpaired) electrons. The van der Waals surface area contributed by atoms with Crippen LogP contribution in [-0.4, -0.2) is 46.4 Å². The molecule has 1 aliphatic carbocycles. The summed E-state index contributed by atoms with van der Waals surface area (Å²) < 4.78 is -0.140. The van der Waals surface area contributed by atoms with Crippen molar-refractivity contribution in [3.8, 4) is 0 Å². The molecule has 0 N–H and O–H groups in total. The second-order valence-electron chi connectivity index (χ2n) is 4.64. The van der Waals surface area contributed by atoms with Gasteiger partial charge in [0.25, 0.3) is 0 Å². The molecular weight excluding hydrogens is 226 g/mol. The summed E-state index contributed by atoms with van der Waals surface area (Å²) in [5.74, 6) is -0.825. The van der Waals surface area contributed by atoms with Gasteiger partial charge < -0.3 is 0 Å². The second-order valence-corrected chi connectivity index (χ2v) is 4.64. The predicted octanol–water partition coefficient (Wildman–Crippen LogP) is 0.696. The number of hydrogen-bond acceptors (Lipinski definition) is 4. The summed E-state index contributed by atoms with van der Waals surface area (Å²) in [4.78, 5) is 34.9. The van der Waals surface area contributed by atoms with E-state index < -0.39 is 16.5 Å². The summed E-state index contributed by atoms with van der Waals surface area (Å²) >= 11 is 0. The number of imide groups is 1. The number of nitro groups is 1. The van der Waals surface area contributed by atoms with Gasteiger partial charge in [0.2, 0.25) is 0 Å². The number of likely N-dealkylation sites (N-methyl/N-ethyl adjacent to an activating group) is 1. The van der Waals surface area contributed by atoms with Gasteiger partial charge in [-0.05, 0) is 0 Å². The van der Waals surface area contributed by atoms with Crippen LogP contribution in [0.4, 0.5) is 4.79 Å². The molecule has 1 unspecified atom stereocenters. The van der Waals surface area contributed by atoms with E-state index in [2.05, 4.69) is 0 Å². The third-order valence-corrected chi connectivity index (χ3v) is 3.69. The van der Waals surface area contributed by atoms with E-state index in [-0.39, 0.29) is 22.3 Å². The predicted molar refractivity (Wildman–Crippen MR) is 57.1 cm³/mol. The molecule has 0 spiro atoms. The molecule has 7 nitrogen and oxygen atoms in total. The molecule has 1 atom stereocenters. The van der Waals surface area contributed by atoms with Gasteiger partial charge in [0.15, 0.2) is 5.70 Å². The molecular formula is C10H14N3O4+. The molecule has 3 amide bonds. The van der Waals surface area contributed by atoms with E-state index in [1.54, 1.807) is 7.05 Å². The van der Waals surface area contributed by atoms with Crippen LogP contribution in [0.3, 0.4) is 0 Å². The quantitative estimate of drug-likeness (QED) is 0.404. The van der Waals surface area contributed by atoms with Crippen molar-refractivity contribution in [1.29, 1.82) is 0 Å². The average molecular weight is 240 g/mol. The molecule has 1 heterocycles. The highest BCUT2D eigenvalue weighted by atomic mass is 16.6. The lowest BCUT2D eigenvalue weighted by molar-refractivity contribution is -0.810. The number of allylic oxidation sites excluding steroid dienone is 1. The first-order valence-corrected chi connectivity index (χ1v) is 5.36. The first kappa shape index (κ1) is 11.7. The molecule has 2 aliphatic rings. The van der Waals surface area contributed by atoms with Crippen LogP contribution < -0.4 is 0 Å². The Morgan fingerprint density at radius 2 is 1.94 bits per heavy atom. The van der Waals surface area contributed by atoms with E-state index in [1.165, 1.54) is 14.0 Å². The van der Waals surface area contributed by atoms with Crippen LogP contribution >= 0.6 is 0 Å². The fourth-order valence-corrected chi connectivity index (χ4v) is 2.31. The molecule has 0 saturated heterocycles. The molecule has 1 aliphatic heterocycles. The summed E-state index contributed by atoms with van der Waals surface area (Å²) in [6.07, 6.45) is 1.71. The van der Waals surface area contributed by atoms with E-state index in [9.17, 15) is 19.7 Å². The van der Waals surface area contributed by atoms with Gasteiger partial charge in [-0.3, -0.25) is 14.9 Å². The Labute approximate surface area is 98.0 Å². The van der Waals surface area contributed by atoms with Crippen LogP contribution in [0.25, 0.3) is 0 Å². The number of quaternary nitrogens is 1. The Hall–Kier alpha value is -1.76. The normalized spacial score (nSPS) is 29.9. The third kappa shape index (κ3) is 1.39. The second kappa shape index (κ2) is 3.36. The number of rotatable bonds is 2. The first-order chi connectivity index (χ1) is 7.81. The number of urea groups is 1. The van der Waals surface area contributed by atoms with Gasteiger partial charge in [-0.1, -0.05) is 0 Å². The Balaban J connectivity index is 2.63. The van der Waals surface area contributed by atoms with Gasteiger partial charge in [-0.25, -0.2) is 14.2 Å². The van der Waals surface area contributed by atoms with Gasteiger partial charge in [-0.2, -0.15) is 0 Å². The summed E-state index contributed by atoms with van der Waals surface area (Å²) in [5.41, 5.74) is -0.230. The standard InChI is InChI=1S/C10H14N3O4/c1-6-8(12(16)17)9(14)11(2)10(15)13(6,3)7-4-5-7/h7H,4-5H2,1-3H3/q+1. The molecule has 0 bridgehead atoms. The van der Waals surface area contributed by atoms with Gasteiger partial charge in [0.1, 0.15) is 6.04 Å². The largest absolute Gasteiger partial charge is 0.431 e. The average Bonchev–Trinajstić information content (AvgIpc) is 3.07. The minimum absolute atomic E-state index is 0.0630. The smallest absolute Gasteiger partial charge is 0.261 e. The number of carbonyl (C=O) groups is 2.